The van der Waals surface area contributed by atoms with Crippen LogP contribution in [-0.2, 0) is 6.54 Å². The Morgan fingerprint density at radius 1 is 1.14 bits per heavy atom. The fourth-order valence-electron chi connectivity index (χ4n) is 3.36. The Kier molecular flexibility index (Phi) is 4.27. The summed E-state index contributed by atoms with van der Waals surface area (Å²) in [5, 5.41) is 6.33. The van der Waals surface area contributed by atoms with Gasteiger partial charge in [-0.15, -0.1) is 16.4 Å². The zero-order chi connectivity index (χ0) is 20.3. The summed E-state index contributed by atoms with van der Waals surface area (Å²) in [5.41, 5.74) is 1.95. The monoisotopic (exact) mass is 444 g/mol. The number of nitrogens with zero attached hydrogens (tertiary/aromatic N) is 4. The predicted molar refractivity (Wildman–Crippen MR) is 115 cm³/mol. The van der Waals surface area contributed by atoms with Crippen LogP contribution >= 0.6 is 34.5 Å². The molecule has 0 unspecified atom stereocenters. The van der Waals surface area contributed by atoms with Crippen LogP contribution in [-0.4, -0.2) is 19.2 Å². The number of rotatable bonds is 3. The highest BCUT2D eigenvalue weighted by atomic mass is 35.5. The van der Waals surface area contributed by atoms with Crippen molar-refractivity contribution in [2.45, 2.75) is 20.4 Å². The van der Waals surface area contributed by atoms with E-state index in [1.54, 1.807) is 52.5 Å². The maximum Gasteiger partial charge on any atom is 0.352 e. The number of halogens is 2. The maximum absolute atomic E-state index is 13.4. The second-order valence-corrected chi connectivity index (χ2v) is 8.70. The van der Waals surface area contributed by atoms with Gasteiger partial charge >= 0.3 is 5.69 Å². The average molecular weight is 445 g/mol. The zero-order valence-electron chi connectivity index (χ0n) is 15.4. The van der Waals surface area contributed by atoms with Crippen LogP contribution in [0.3, 0.4) is 0 Å². The first-order chi connectivity index (χ1) is 14.0. The summed E-state index contributed by atoms with van der Waals surface area (Å²) >= 11 is 14.3. The lowest BCUT2D eigenvalue weighted by Gasteiger charge is -2.11. The third kappa shape index (κ3) is 2.80. The highest BCUT2D eigenvalue weighted by Gasteiger charge is 2.22. The molecule has 9 heteroatoms. The van der Waals surface area contributed by atoms with Gasteiger partial charge in [0.2, 0.25) is 5.82 Å². The molecular weight excluding hydrogens is 431 g/mol. The Morgan fingerprint density at radius 3 is 2.59 bits per heavy atom. The molecule has 0 fully saturated rings. The largest absolute Gasteiger partial charge is 0.461 e. The summed E-state index contributed by atoms with van der Waals surface area (Å²) in [4.78, 5) is 19.9. The van der Waals surface area contributed by atoms with Gasteiger partial charge in [-0.05, 0) is 43.7 Å². The Hall–Kier alpha value is -2.61. The van der Waals surface area contributed by atoms with Gasteiger partial charge in [-0.3, -0.25) is 4.57 Å². The van der Waals surface area contributed by atoms with E-state index in [4.69, 9.17) is 27.6 Å². The van der Waals surface area contributed by atoms with Gasteiger partial charge in [0, 0.05) is 20.5 Å². The lowest BCUT2D eigenvalue weighted by Crippen LogP contribution is -2.28. The second kappa shape index (κ2) is 6.73. The molecule has 0 saturated heterocycles. The Labute approximate surface area is 178 Å². The quantitative estimate of drug-likeness (QED) is 0.376. The van der Waals surface area contributed by atoms with E-state index in [-0.39, 0.29) is 12.2 Å². The van der Waals surface area contributed by atoms with Crippen molar-refractivity contribution in [2.24, 2.45) is 0 Å². The Morgan fingerprint density at radius 2 is 1.90 bits per heavy atom. The van der Waals surface area contributed by atoms with E-state index in [0.29, 0.717) is 32.8 Å². The molecule has 0 aliphatic rings. The van der Waals surface area contributed by atoms with Gasteiger partial charge in [-0.2, -0.15) is 4.52 Å². The van der Waals surface area contributed by atoms with E-state index < -0.39 is 0 Å². The first-order valence-electron chi connectivity index (χ1n) is 8.81. The molecule has 5 aromatic rings. The molecule has 0 aliphatic carbocycles. The predicted octanol–water partition coefficient (Wildman–Crippen LogP) is 5.34. The molecule has 0 atom stereocenters. The van der Waals surface area contributed by atoms with Gasteiger partial charge < -0.3 is 4.42 Å². The minimum atomic E-state index is -0.310. The number of hydrogen-bond acceptors (Lipinski definition) is 5. The molecule has 0 bridgehead atoms. The van der Waals surface area contributed by atoms with Crippen molar-refractivity contribution in [3.05, 3.63) is 73.1 Å². The average Bonchev–Trinajstić information content (AvgIpc) is 3.41. The van der Waals surface area contributed by atoms with Gasteiger partial charge in [0.1, 0.15) is 4.83 Å². The molecule has 0 spiro atoms. The van der Waals surface area contributed by atoms with Gasteiger partial charge in [0.15, 0.2) is 11.4 Å². The number of aryl methyl sites for hydroxylation is 2. The molecule has 0 amide bonds. The third-order valence-corrected chi connectivity index (χ3v) is 6.91. The zero-order valence-corrected chi connectivity index (χ0v) is 17.8. The van der Waals surface area contributed by atoms with Crippen molar-refractivity contribution in [2.75, 3.05) is 0 Å². The molecule has 0 N–H and O–H groups in total. The number of hydrogen-bond donors (Lipinski definition) is 0. The van der Waals surface area contributed by atoms with E-state index in [1.165, 1.54) is 4.52 Å². The summed E-state index contributed by atoms with van der Waals surface area (Å²) in [6, 6.07) is 8.83. The van der Waals surface area contributed by atoms with Crippen LogP contribution in [0, 0.1) is 13.8 Å². The van der Waals surface area contributed by atoms with E-state index >= 15 is 0 Å². The standard InChI is InChI=1S/C20H14Cl2N4O2S/c1-10-11(2)29-19-16(10)18-23-17(15-7-4-8-28-15)24-26(18)20(27)25(19)9-12-13(21)5-3-6-14(12)22/h3-8H,9H2,1-2H3. The first kappa shape index (κ1) is 18.4. The topological polar surface area (TPSA) is 65.3 Å². The number of thiophene rings is 1. The Balaban J connectivity index is 1.85. The normalized spacial score (nSPS) is 11.7. The van der Waals surface area contributed by atoms with Crippen LogP contribution in [0.5, 0.6) is 0 Å². The van der Waals surface area contributed by atoms with Crippen LogP contribution in [0.25, 0.3) is 27.4 Å². The summed E-state index contributed by atoms with van der Waals surface area (Å²) < 4.78 is 8.39. The molecule has 4 heterocycles. The number of aromatic nitrogens is 4. The summed E-state index contributed by atoms with van der Waals surface area (Å²) in [6.45, 7) is 4.28. The molecular formula is C20H14Cl2N4O2S. The van der Waals surface area contributed by atoms with Crippen LogP contribution < -0.4 is 5.69 Å². The summed E-state index contributed by atoms with van der Waals surface area (Å²) in [7, 11) is 0. The minimum Gasteiger partial charge on any atom is -0.461 e. The van der Waals surface area contributed by atoms with Crippen molar-refractivity contribution < 1.29 is 4.42 Å². The number of benzene rings is 1. The van der Waals surface area contributed by atoms with Crippen molar-refractivity contribution in [3.8, 4) is 11.6 Å². The van der Waals surface area contributed by atoms with Gasteiger partial charge in [-0.1, -0.05) is 29.3 Å². The van der Waals surface area contributed by atoms with Gasteiger partial charge in [0.05, 0.1) is 18.2 Å². The molecule has 0 aliphatic heterocycles. The summed E-state index contributed by atoms with van der Waals surface area (Å²) in [6.07, 6.45) is 1.55. The smallest absolute Gasteiger partial charge is 0.352 e. The molecule has 0 radical (unpaired) electrons. The van der Waals surface area contributed by atoms with Crippen LogP contribution in [0.15, 0.2) is 45.8 Å². The fraction of sp³-hybridized carbons (Fsp3) is 0.150. The molecule has 5 rings (SSSR count). The number of furan rings is 1. The van der Waals surface area contributed by atoms with E-state index in [0.717, 1.165) is 20.7 Å². The third-order valence-electron chi connectivity index (χ3n) is 4.97. The summed E-state index contributed by atoms with van der Waals surface area (Å²) in [5.74, 6) is 0.872. The van der Waals surface area contributed by atoms with Gasteiger partial charge in [-0.25, -0.2) is 9.78 Å². The molecule has 6 nitrogen and oxygen atoms in total. The van der Waals surface area contributed by atoms with Crippen molar-refractivity contribution in [1.82, 2.24) is 19.2 Å². The number of fused-ring (bicyclic) bond motifs is 3. The Bertz CT molecular complexity index is 1430. The molecule has 29 heavy (non-hydrogen) atoms. The minimum absolute atomic E-state index is 0.235. The van der Waals surface area contributed by atoms with Crippen LogP contribution in [0.1, 0.15) is 16.0 Å². The maximum atomic E-state index is 13.4. The molecule has 1 aromatic carbocycles. The van der Waals surface area contributed by atoms with Crippen molar-refractivity contribution in [1.29, 1.82) is 0 Å². The molecule has 146 valence electrons. The highest BCUT2D eigenvalue weighted by Crippen LogP contribution is 2.34. The van der Waals surface area contributed by atoms with E-state index in [1.807, 2.05) is 13.8 Å². The molecule has 4 aromatic heterocycles. The van der Waals surface area contributed by atoms with Crippen molar-refractivity contribution in [3.63, 3.8) is 0 Å². The van der Waals surface area contributed by atoms with Crippen LogP contribution in [0.2, 0.25) is 10.0 Å². The van der Waals surface area contributed by atoms with E-state index in [2.05, 4.69) is 10.1 Å². The highest BCUT2D eigenvalue weighted by molar-refractivity contribution is 7.19. The van der Waals surface area contributed by atoms with Crippen molar-refractivity contribution >= 4 is 50.4 Å². The fourth-order valence-corrected chi connectivity index (χ4v) is 5.02. The molecule has 0 saturated carbocycles. The SMILES string of the molecule is Cc1sc2c(c1C)c1nc(-c3ccco3)nn1c(=O)n2Cc1c(Cl)cccc1Cl. The second-order valence-electron chi connectivity index (χ2n) is 6.68. The lowest BCUT2D eigenvalue weighted by molar-refractivity contribution is 0.576. The van der Waals surface area contributed by atoms with Crippen LogP contribution in [0.4, 0.5) is 0 Å². The van der Waals surface area contributed by atoms with E-state index in [9.17, 15) is 4.79 Å². The first-order valence-corrected chi connectivity index (χ1v) is 10.4. The lowest BCUT2D eigenvalue weighted by atomic mass is 10.2. The van der Waals surface area contributed by atoms with Gasteiger partial charge in [0.25, 0.3) is 0 Å².